The van der Waals surface area contributed by atoms with E-state index in [0.717, 1.165) is 5.69 Å². The summed E-state index contributed by atoms with van der Waals surface area (Å²) in [5.74, 6) is 0.0744. The number of nitrogens with zero attached hydrogens (tertiary/aromatic N) is 4. The summed E-state index contributed by atoms with van der Waals surface area (Å²) in [4.78, 5) is 4.41. The molecule has 0 unspecified atom stereocenters. The van der Waals surface area contributed by atoms with E-state index >= 15 is 0 Å². The van der Waals surface area contributed by atoms with E-state index in [1.165, 1.54) is 12.1 Å². The smallest absolute Gasteiger partial charge is 0.227 e. The first-order valence-corrected chi connectivity index (χ1v) is 6.31. The standard InChI is InChI=1S/C15H9FN4O/c16-11-3-1-2-10(6-11)15-19-13-7-12(4-5-14(13)21-15)20-8-17-18-9-20/h1-9H. The number of hydrogen-bond acceptors (Lipinski definition) is 4. The van der Waals surface area contributed by atoms with Crippen molar-refractivity contribution in [2.45, 2.75) is 0 Å². The minimum atomic E-state index is -0.320. The predicted octanol–water partition coefficient (Wildman–Crippen LogP) is 3.21. The summed E-state index contributed by atoms with van der Waals surface area (Å²) < 4.78 is 20.7. The van der Waals surface area contributed by atoms with E-state index in [4.69, 9.17) is 4.42 Å². The quantitative estimate of drug-likeness (QED) is 0.565. The van der Waals surface area contributed by atoms with Crippen LogP contribution in [-0.2, 0) is 0 Å². The highest BCUT2D eigenvalue weighted by Crippen LogP contribution is 2.26. The van der Waals surface area contributed by atoms with Crippen LogP contribution in [0.3, 0.4) is 0 Å². The lowest BCUT2D eigenvalue weighted by Crippen LogP contribution is -1.88. The molecule has 0 radical (unpaired) electrons. The van der Waals surface area contributed by atoms with Crippen molar-refractivity contribution in [1.82, 2.24) is 19.7 Å². The fourth-order valence-corrected chi connectivity index (χ4v) is 2.16. The molecule has 0 aliphatic carbocycles. The topological polar surface area (TPSA) is 56.7 Å². The minimum absolute atomic E-state index is 0.320. The van der Waals surface area contributed by atoms with Gasteiger partial charge in [-0.15, -0.1) is 10.2 Å². The molecular weight excluding hydrogens is 271 g/mol. The largest absolute Gasteiger partial charge is 0.436 e. The second-order valence-corrected chi connectivity index (χ2v) is 4.55. The summed E-state index contributed by atoms with van der Waals surface area (Å²) in [6.07, 6.45) is 3.21. The third-order valence-electron chi connectivity index (χ3n) is 3.16. The number of oxazole rings is 1. The van der Waals surface area contributed by atoms with Crippen LogP contribution < -0.4 is 0 Å². The maximum atomic E-state index is 13.3. The summed E-state index contributed by atoms with van der Waals surface area (Å²) in [6, 6.07) is 11.7. The van der Waals surface area contributed by atoms with Gasteiger partial charge in [0.2, 0.25) is 5.89 Å². The molecule has 0 spiro atoms. The van der Waals surface area contributed by atoms with E-state index in [1.54, 1.807) is 29.4 Å². The Morgan fingerprint density at radius 3 is 2.67 bits per heavy atom. The zero-order chi connectivity index (χ0) is 14.2. The molecule has 2 heterocycles. The summed E-state index contributed by atoms with van der Waals surface area (Å²) in [5.41, 5.74) is 2.83. The van der Waals surface area contributed by atoms with Crippen molar-refractivity contribution in [3.05, 3.63) is 60.9 Å². The molecule has 0 aliphatic rings. The van der Waals surface area contributed by atoms with Crippen LogP contribution in [0.25, 0.3) is 28.2 Å². The molecule has 2 aromatic carbocycles. The molecule has 0 amide bonds. The Morgan fingerprint density at radius 2 is 1.86 bits per heavy atom. The molecule has 4 aromatic rings. The molecule has 2 aromatic heterocycles. The maximum Gasteiger partial charge on any atom is 0.227 e. The molecule has 0 fully saturated rings. The molecule has 0 atom stereocenters. The van der Waals surface area contributed by atoms with Crippen molar-refractivity contribution in [3.8, 4) is 17.1 Å². The van der Waals surface area contributed by atoms with Gasteiger partial charge in [0.25, 0.3) is 0 Å². The lowest BCUT2D eigenvalue weighted by Gasteiger charge is -1.98. The van der Waals surface area contributed by atoms with Crippen molar-refractivity contribution < 1.29 is 8.81 Å². The summed E-state index contributed by atoms with van der Waals surface area (Å²) in [6.45, 7) is 0. The molecule has 6 heteroatoms. The van der Waals surface area contributed by atoms with Gasteiger partial charge in [0.1, 0.15) is 24.0 Å². The number of rotatable bonds is 2. The van der Waals surface area contributed by atoms with Crippen molar-refractivity contribution in [2.24, 2.45) is 0 Å². The van der Waals surface area contributed by atoms with Crippen LogP contribution in [0, 0.1) is 5.82 Å². The van der Waals surface area contributed by atoms with Crippen LogP contribution in [0.5, 0.6) is 0 Å². The molecule has 0 saturated carbocycles. The zero-order valence-electron chi connectivity index (χ0n) is 10.8. The van der Waals surface area contributed by atoms with Gasteiger partial charge in [0.05, 0.1) is 5.69 Å². The van der Waals surface area contributed by atoms with Gasteiger partial charge in [-0.25, -0.2) is 9.37 Å². The van der Waals surface area contributed by atoms with Crippen LogP contribution in [0.2, 0.25) is 0 Å². The SMILES string of the molecule is Fc1cccc(-c2nc3cc(-n4cnnc4)ccc3o2)c1. The predicted molar refractivity (Wildman–Crippen MR) is 74.3 cm³/mol. The monoisotopic (exact) mass is 280 g/mol. The Balaban J connectivity index is 1.83. The van der Waals surface area contributed by atoms with Gasteiger partial charge >= 0.3 is 0 Å². The molecular formula is C15H9FN4O. The van der Waals surface area contributed by atoms with E-state index in [9.17, 15) is 4.39 Å². The first-order chi connectivity index (χ1) is 10.3. The Labute approximate surface area is 118 Å². The van der Waals surface area contributed by atoms with E-state index in [-0.39, 0.29) is 5.82 Å². The van der Waals surface area contributed by atoms with Gasteiger partial charge in [-0.1, -0.05) is 6.07 Å². The first-order valence-electron chi connectivity index (χ1n) is 6.31. The summed E-state index contributed by atoms with van der Waals surface area (Å²) in [7, 11) is 0. The molecule has 21 heavy (non-hydrogen) atoms. The Bertz CT molecular complexity index is 914. The summed E-state index contributed by atoms with van der Waals surface area (Å²) in [5, 5.41) is 7.54. The van der Waals surface area contributed by atoms with Gasteiger partial charge in [0, 0.05) is 5.56 Å². The summed E-state index contributed by atoms with van der Waals surface area (Å²) >= 11 is 0. The van der Waals surface area contributed by atoms with Gasteiger partial charge in [0.15, 0.2) is 5.58 Å². The molecule has 102 valence electrons. The van der Waals surface area contributed by atoms with Gasteiger partial charge in [-0.2, -0.15) is 0 Å². The minimum Gasteiger partial charge on any atom is -0.436 e. The van der Waals surface area contributed by atoms with Crippen LogP contribution in [0.4, 0.5) is 4.39 Å². The van der Waals surface area contributed by atoms with Gasteiger partial charge < -0.3 is 4.42 Å². The van der Waals surface area contributed by atoms with Crippen LogP contribution in [0.15, 0.2) is 59.5 Å². The van der Waals surface area contributed by atoms with E-state index in [1.807, 2.05) is 18.2 Å². The number of halogens is 1. The van der Waals surface area contributed by atoms with Crippen molar-refractivity contribution in [1.29, 1.82) is 0 Å². The lowest BCUT2D eigenvalue weighted by molar-refractivity contribution is 0.611. The van der Waals surface area contributed by atoms with Crippen LogP contribution >= 0.6 is 0 Å². The molecule has 0 bridgehead atoms. The highest BCUT2D eigenvalue weighted by atomic mass is 19.1. The Morgan fingerprint density at radius 1 is 1.00 bits per heavy atom. The molecule has 0 aliphatic heterocycles. The Kier molecular flexibility index (Phi) is 2.53. The number of benzene rings is 2. The second kappa shape index (κ2) is 4.52. The average molecular weight is 280 g/mol. The Hall–Kier alpha value is -3.02. The average Bonchev–Trinajstić information content (AvgIpc) is 3.16. The highest BCUT2D eigenvalue weighted by molar-refractivity contribution is 5.78. The maximum absolute atomic E-state index is 13.3. The van der Waals surface area contributed by atoms with E-state index in [0.29, 0.717) is 22.6 Å². The van der Waals surface area contributed by atoms with Gasteiger partial charge in [-0.05, 0) is 36.4 Å². The molecule has 0 N–H and O–H groups in total. The number of aromatic nitrogens is 4. The molecule has 4 rings (SSSR count). The fraction of sp³-hybridized carbons (Fsp3) is 0. The number of fused-ring (bicyclic) bond motifs is 1. The normalized spacial score (nSPS) is 11.1. The third kappa shape index (κ3) is 2.06. The van der Waals surface area contributed by atoms with Crippen molar-refractivity contribution in [3.63, 3.8) is 0 Å². The highest BCUT2D eigenvalue weighted by Gasteiger charge is 2.10. The fourth-order valence-electron chi connectivity index (χ4n) is 2.16. The van der Waals surface area contributed by atoms with Gasteiger partial charge in [-0.3, -0.25) is 4.57 Å². The first kappa shape index (κ1) is 11.8. The number of hydrogen-bond donors (Lipinski definition) is 0. The lowest BCUT2D eigenvalue weighted by atomic mass is 10.2. The molecule has 5 nitrogen and oxygen atoms in total. The second-order valence-electron chi connectivity index (χ2n) is 4.55. The van der Waals surface area contributed by atoms with E-state index < -0.39 is 0 Å². The molecule has 0 saturated heterocycles. The van der Waals surface area contributed by atoms with Crippen molar-refractivity contribution in [2.75, 3.05) is 0 Å². The zero-order valence-corrected chi connectivity index (χ0v) is 10.8. The van der Waals surface area contributed by atoms with Crippen LogP contribution in [0.1, 0.15) is 0 Å². The van der Waals surface area contributed by atoms with Crippen molar-refractivity contribution >= 4 is 11.1 Å². The van der Waals surface area contributed by atoms with E-state index in [2.05, 4.69) is 15.2 Å². The third-order valence-corrected chi connectivity index (χ3v) is 3.16. The van der Waals surface area contributed by atoms with Crippen LogP contribution in [-0.4, -0.2) is 19.7 Å².